The minimum Gasteiger partial charge on any atom is -0.464 e. The number of carbonyl (C=O) groups is 5. The molecule has 0 aliphatic carbocycles. The fourth-order valence-corrected chi connectivity index (χ4v) is 11.6. The van der Waals surface area contributed by atoms with Crippen molar-refractivity contribution in [1.82, 2.24) is 49.5 Å². The van der Waals surface area contributed by atoms with E-state index in [0.717, 1.165) is 39.0 Å². The smallest absolute Gasteiger partial charge is 0.440 e. The molecule has 365 valence electrons. The van der Waals surface area contributed by atoms with Crippen LogP contribution in [0.1, 0.15) is 84.8 Å². The number of methoxy groups -OCH3 is 1. The van der Waals surface area contributed by atoms with E-state index in [1.807, 2.05) is 26.0 Å². The molecule has 3 aliphatic heterocycles. The zero-order valence-corrected chi connectivity index (χ0v) is 42.2. The number of nitrogens with zero attached hydrogens (tertiary/aromatic N) is 9. The molecule has 4 N–H and O–H groups in total. The quantitative estimate of drug-likeness (QED) is 0.0402. The number of nitrogens with one attached hydrogen (secondary N) is 2. The maximum absolute atomic E-state index is 14.8. The molecule has 3 aliphatic rings. The highest BCUT2D eigenvalue weighted by molar-refractivity contribution is 6.88. The van der Waals surface area contributed by atoms with Gasteiger partial charge in [-0.25, -0.2) is 19.9 Å². The third-order valence-corrected chi connectivity index (χ3v) is 15.4. The Morgan fingerprint density at radius 3 is 2.57 bits per heavy atom. The molecule has 3 aromatic heterocycles. The lowest BCUT2D eigenvalue weighted by Gasteiger charge is -2.41. The second-order valence-electron chi connectivity index (χ2n) is 19.9. The van der Waals surface area contributed by atoms with Crippen molar-refractivity contribution in [3.05, 3.63) is 66.3 Å². The second-order valence-corrected chi connectivity index (χ2v) is 21.9. The van der Waals surface area contributed by atoms with Crippen molar-refractivity contribution >= 4 is 49.2 Å². The molecule has 0 spiro atoms. The Hall–Kier alpha value is -5.80. The zero-order chi connectivity index (χ0) is 49.5. The van der Waals surface area contributed by atoms with E-state index in [2.05, 4.69) is 60.5 Å². The number of nitrogens with two attached hydrogens (primary N) is 1. The molecule has 68 heavy (non-hydrogen) atoms. The van der Waals surface area contributed by atoms with E-state index in [0.29, 0.717) is 57.0 Å². The number of benzene rings is 1. The number of likely N-dealkylation sites (N-methyl/N-ethyl adjacent to an activating group) is 1. The van der Waals surface area contributed by atoms with Crippen molar-refractivity contribution in [2.24, 2.45) is 24.2 Å². The summed E-state index contributed by atoms with van der Waals surface area (Å²) in [6.45, 7) is 19.3. The van der Waals surface area contributed by atoms with Crippen molar-refractivity contribution < 1.29 is 38.0 Å². The number of hydrogen-bond donors (Lipinski definition) is 3. The molecule has 19 nitrogen and oxygen atoms in total. The van der Waals surface area contributed by atoms with Gasteiger partial charge in [0.2, 0.25) is 11.4 Å². The molecular formula is C48H68N12O7Si+. The van der Waals surface area contributed by atoms with Gasteiger partial charge in [-0.05, 0) is 88.4 Å². The number of ether oxygens (including phenoxy) is 2. The highest BCUT2D eigenvalue weighted by Crippen LogP contribution is 2.42. The summed E-state index contributed by atoms with van der Waals surface area (Å²) in [5.74, 6) is 5.89. The Bertz CT molecular complexity index is 2600. The van der Waals surface area contributed by atoms with Gasteiger partial charge in [-0.3, -0.25) is 34.1 Å². The van der Waals surface area contributed by atoms with Crippen molar-refractivity contribution in [3.63, 3.8) is 0 Å². The van der Waals surface area contributed by atoms with E-state index in [1.165, 1.54) is 27.9 Å². The van der Waals surface area contributed by atoms with Gasteiger partial charge in [0.25, 0.3) is 14.9 Å². The first-order chi connectivity index (χ1) is 32.1. The van der Waals surface area contributed by atoms with Crippen LogP contribution in [0.25, 0.3) is 33.5 Å². The summed E-state index contributed by atoms with van der Waals surface area (Å²) in [6, 6.07) is 7.71. The number of quaternary nitrogens is 1. The third-order valence-electron chi connectivity index (χ3n) is 13.4. The number of aryl methyl sites for hydroxylation is 2. The molecule has 20 heteroatoms. The fraction of sp³-hybridized carbons (Fsp3) is 0.542. The van der Waals surface area contributed by atoms with Crippen LogP contribution in [-0.2, 0) is 55.5 Å². The first-order valence-corrected chi connectivity index (χ1v) is 25.2. The topological polar surface area (TPSA) is 212 Å². The van der Waals surface area contributed by atoms with Gasteiger partial charge in [-0.1, -0.05) is 34.3 Å². The number of amides is 5. The largest absolute Gasteiger partial charge is 0.464 e. The van der Waals surface area contributed by atoms with Gasteiger partial charge in [0.15, 0.2) is 17.7 Å². The number of cyclic esters (lactones) is 1. The van der Waals surface area contributed by atoms with Crippen LogP contribution in [0.2, 0.25) is 0 Å². The van der Waals surface area contributed by atoms with E-state index in [9.17, 15) is 24.0 Å². The number of carbonyl (C=O) groups excluding carboxylic acids is 5. The van der Waals surface area contributed by atoms with Gasteiger partial charge in [0.1, 0.15) is 18.3 Å². The molecule has 1 radical (unpaired) electrons. The van der Waals surface area contributed by atoms with E-state index in [-0.39, 0.29) is 31.8 Å². The van der Waals surface area contributed by atoms with Gasteiger partial charge in [-0.2, -0.15) is 15.5 Å². The van der Waals surface area contributed by atoms with Crippen molar-refractivity contribution in [3.8, 4) is 22.6 Å². The molecule has 1 aromatic carbocycles. The first kappa shape index (κ1) is 50.1. The summed E-state index contributed by atoms with van der Waals surface area (Å²) in [5.41, 5.74) is 7.04. The summed E-state index contributed by atoms with van der Waals surface area (Å²) >= 11 is 0. The Morgan fingerprint density at radius 2 is 1.88 bits per heavy atom. The maximum Gasteiger partial charge on any atom is 0.440 e. The number of aromatic nitrogens is 5. The number of esters is 1. The lowest BCUT2D eigenvalue weighted by molar-refractivity contribution is -0.865. The van der Waals surface area contributed by atoms with Gasteiger partial charge in [0.05, 0.1) is 25.0 Å². The predicted molar refractivity (Wildman–Crippen MR) is 258 cm³/mol. The van der Waals surface area contributed by atoms with Gasteiger partial charge in [0, 0.05) is 85.9 Å². The number of hydrogen-bond acceptors (Lipinski definition) is 12. The SMILES string of the molecule is C=CC(=O)N1CCCN(C(=O)[N+](C)(N)[C@H](C(=O)N[Si]2Cc3nc(n(C)n3)-c3ccc4c(c3)c(c(-c3cccnc3C(C)(C)OC)n4CC)CC(C)(C)COC(=O)[C@@H]3CCCN(N3)C2=O)C(C)C)C1. The summed E-state index contributed by atoms with van der Waals surface area (Å²) in [6.07, 6.45) is 4.99. The molecule has 2 saturated heterocycles. The van der Waals surface area contributed by atoms with Crippen LogP contribution in [0.15, 0.2) is 49.2 Å². The Morgan fingerprint density at radius 1 is 1.15 bits per heavy atom. The highest BCUT2D eigenvalue weighted by atomic mass is 28.3. The first-order valence-electron chi connectivity index (χ1n) is 23.5. The minimum absolute atomic E-state index is 0.00209. The van der Waals surface area contributed by atoms with E-state index < -0.39 is 66.0 Å². The van der Waals surface area contributed by atoms with Crippen LogP contribution < -0.4 is 16.3 Å². The molecule has 7 rings (SSSR count). The molecule has 4 aromatic rings. The third kappa shape index (κ3) is 9.87. The average molecular weight is 953 g/mol. The van der Waals surface area contributed by atoms with Crippen molar-refractivity contribution in [2.75, 3.05) is 47.1 Å². The van der Waals surface area contributed by atoms with Crippen LogP contribution in [0.3, 0.4) is 0 Å². The van der Waals surface area contributed by atoms with Crippen LogP contribution in [-0.4, -0.2) is 141 Å². The van der Waals surface area contributed by atoms with Crippen LogP contribution in [0.5, 0.6) is 0 Å². The second kappa shape index (κ2) is 19.7. The van der Waals surface area contributed by atoms with Crippen LogP contribution in [0.4, 0.5) is 9.59 Å². The van der Waals surface area contributed by atoms with E-state index in [4.69, 9.17) is 30.4 Å². The molecule has 2 fully saturated rings. The van der Waals surface area contributed by atoms with Crippen LogP contribution in [0, 0.1) is 11.3 Å². The molecule has 5 amide bonds. The standard InChI is InChI=1S/C48H68N12O7Si/c1-12-38(61)56-22-16-23-57(29-56)45(64)60(10,49)40(30(3)4)43(62)54-68-27-37-51-42(55(9)53-37)31-19-20-36-33(25-31)34(39(58(36)13-2)32-17-14-21-50-41(32)48(7,8)66-11)26-47(5,6)28-67-44(63)35-18-15-24-59(52-35)46(68)65/h12,14,17,19-21,25,30,35,40,52H,1,13,15-16,18,22-24,26-29,49H2,2-11H3,(H,54,62)/q+1/t35-,40-,60?/m0/s1. The number of fused-ring (bicyclic) bond motifs is 6. The molecule has 0 saturated carbocycles. The molecule has 3 atom stereocenters. The number of urea groups is 1. The number of pyridine rings is 1. The van der Waals surface area contributed by atoms with Gasteiger partial charge < -0.3 is 23.9 Å². The maximum atomic E-state index is 14.8. The molecule has 6 heterocycles. The summed E-state index contributed by atoms with van der Waals surface area (Å²) in [4.78, 5) is 86.1. The molecular weight excluding hydrogens is 885 g/mol. The number of hydrazine groups is 1. The average Bonchev–Trinajstić information content (AvgIpc) is 3.84. The Kier molecular flexibility index (Phi) is 14.5. The van der Waals surface area contributed by atoms with Crippen LogP contribution >= 0.6 is 0 Å². The van der Waals surface area contributed by atoms with Crippen molar-refractivity contribution in [2.45, 2.75) is 104 Å². The summed E-state index contributed by atoms with van der Waals surface area (Å²) in [7, 11) is 2.28. The molecule has 6 bridgehead atoms. The lowest BCUT2D eigenvalue weighted by atomic mass is 9.83. The summed E-state index contributed by atoms with van der Waals surface area (Å²) < 4.78 is 15.3. The van der Waals surface area contributed by atoms with Crippen molar-refractivity contribution in [1.29, 1.82) is 0 Å². The monoisotopic (exact) mass is 953 g/mol. The Balaban J connectivity index is 1.31. The van der Waals surface area contributed by atoms with E-state index in [1.54, 1.807) is 38.9 Å². The van der Waals surface area contributed by atoms with E-state index >= 15 is 0 Å². The van der Waals surface area contributed by atoms with Gasteiger partial charge >= 0.3 is 12.0 Å². The highest BCUT2D eigenvalue weighted by Gasteiger charge is 2.49. The van der Waals surface area contributed by atoms with Gasteiger partial charge in [-0.15, -0.1) is 0 Å². The Labute approximate surface area is 400 Å². The lowest BCUT2D eigenvalue weighted by Crippen LogP contribution is -2.73. The number of rotatable bonds is 9. The zero-order valence-electron chi connectivity index (χ0n) is 41.2. The molecule has 1 unspecified atom stereocenters. The fourth-order valence-electron chi connectivity index (χ4n) is 9.88. The minimum atomic E-state index is -2.67. The predicted octanol–water partition coefficient (Wildman–Crippen LogP) is 4.53. The summed E-state index contributed by atoms with van der Waals surface area (Å²) in [5, 5.41) is 7.21. The normalized spacial score (nSPS) is 19.9.